The van der Waals surface area contributed by atoms with Gasteiger partial charge in [-0.15, -0.1) is 0 Å². The van der Waals surface area contributed by atoms with Crippen molar-refractivity contribution in [1.82, 2.24) is 4.31 Å². The Morgan fingerprint density at radius 1 is 0.968 bits per heavy atom. The number of piperidine rings is 1. The fourth-order valence-corrected chi connectivity index (χ4v) is 6.50. The van der Waals surface area contributed by atoms with Gasteiger partial charge in [-0.3, -0.25) is 4.79 Å². The van der Waals surface area contributed by atoms with Gasteiger partial charge >= 0.3 is 0 Å². The van der Waals surface area contributed by atoms with Gasteiger partial charge in [0.2, 0.25) is 15.9 Å². The molecule has 1 saturated heterocycles. The van der Waals surface area contributed by atoms with Crippen molar-refractivity contribution in [2.75, 3.05) is 18.0 Å². The maximum atomic E-state index is 13.5. The fraction of sp³-hybridized carbons (Fsp3) is 0.320. The first kappa shape index (κ1) is 20.2. The molecular formula is C25H26N2O3S. The zero-order chi connectivity index (χ0) is 21.6. The van der Waals surface area contributed by atoms with Gasteiger partial charge in [0.1, 0.15) is 0 Å². The van der Waals surface area contributed by atoms with E-state index in [-0.39, 0.29) is 24.4 Å². The molecule has 0 unspecified atom stereocenters. The molecule has 31 heavy (non-hydrogen) atoms. The Kier molecular flexibility index (Phi) is 5.07. The Balaban J connectivity index is 1.40. The molecular weight excluding hydrogens is 408 g/mol. The van der Waals surface area contributed by atoms with E-state index in [9.17, 15) is 13.2 Å². The number of carbonyl (C=O) groups excluding carboxylic acids is 1. The summed E-state index contributed by atoms with van der Waals surface area (Å²) >= 11 is 0. The standard InChI is InChI=1S/C25H26N2O3S/c1-18-15-21-9-4-5-11-24(21)27(18)25(28)22-10-6-14-26(17-22)31(29,30)23-13-12-19-7-2-3-8-20(19)16-23/h2-5,7-9,11-13,16,18,22H,6,10,14-15,17H2,1H3/t18-,22+/m1/s1. The summed E-state index contributed by atoms with van der Waals surface area (Å²) in [6.45, 7) is 2.74. The molecule has 0 spiro atoms. The van der Waals surface area contributed by atoms with Gasteiger partial charge in [-0.05, 0) is 60.7 Å². The number of benzene rings is 3. The highest BCUT2D eigenvalue weighted by atomic mass is 32.2. The molecule has 0 N–H and O–H groups in total. The van der Waals surface area contributed by atoms with Crippen LogP contribution >= 0.6 is 0 Å². The van der Waals surface area contributed by atoms with Gasteiger partial charge in [-0.25, -0.2) is 8.42 Å². The van der Waals surface area contributed by atoms with E-state index in [1.165, 1.54) is 9.87 Å². The summed E-state index contributed by atoms with van der Waals surface area (Å²) in [5.74, 6) is -0.284. The van der Waals surface area contributed by atoms with Crippen LogP contribution < -0.4 is 4.90 Å². The van der Waals surface area contributed by atoms with Crippen LogP contribution in [0, 0.1) is 5.92 Å². The summed E-state index contributed by atoms with van der Waals surface area (Å²) < 4.78 is 28.3. The van der Waals surface area contributed by atoms with Crippen LogP contribution in [0.15, 0.2) is 71.6 Å². The molecule has 0 bridgehead atoms. The molecule has 2 aliphatic heterocycles. The maximum Gasteiger partial charge on any atom is 0.243 e. The summed E-state index contributed by atoms with van der Waals surface area (Å²) in [4.78, 5) is 15.6. The highest BCUT2D eigenvalue weighted by molar-refractivity contribution is 7.89. The maximum absolute atomic E-state index is 13.5. The number of para-hydroxylation sites is 1. The van der Waals surface area contributed by atoms with Crippen molar-refractivity contribution < 1.29 is 13.2 Å². The quantitative estimate of drug-likeness (QED) is 0.620. The molecule has 1 amide bonds. The second-order valence-corrected chi connectivity index (χ2v) is 10.5. The van der Waals surface area contributed by atoms with Gasteiger partial charge in [0.05, 0.1) is 10.8 Å². The van der Waals surface area contributed by atoms with Gasteiger partial charge in [0, 0.05) is 24.8 Å². The van der Waals surface area contributed by atoms with Crippen molar-refractivity contribution >= 4 is 32.4 Å². The normalized spacial score (nSPS) is 21.9. The van der Waals surface area contributed by atoms with Crippen LogP contribution in [0.1, 0.15) is 25.3 Å². The first-order valence-corrected chi connectivity index (χ1v) is 12.3. The third-order valence-electron chi connectivity index (χ3n) is 6.54. The minimum atomic E-state index is -3.65. The van der Waals surface area contributed by atoms with Gasteiger partial charge in [-0.2, -0.15) is 4.31 Å². The predicted octanol–water partition coefficient (Wildman–Crippen LogP) is 4.22. The number of sulfonamides is 1. The number of hydrogen-bond acceptors (Lipinski definition) is 3. The zero-order valence-corrected chi connectivity index (χ0v) is 18.4. The second-order valence-electron chi connectivity index (χ2n) is 8.60. The van der Waals surface area contributed by atoms with E-state index >= 15 is 0 Å². The Bertz CT molecular complexity index is 1250. The van der Waals surface area contributed by atoms with Crippen LogP contribution in [-0.4, -0.2) is 37.8 Å². The lowest BCUT2D eigenvalue weighted by Gasteiger charge is -2.34. The third kappa shape index (κ3) is 3.54. The van der Waals surface area contributed by atoms with E-state index in [1.54, 1.807) is 12.1 Å². The van der Waals surface area contributed by atoms with E-state index in [0.717, 1.165) is 22.9 Å². The smallest absolute Gasteiger partial charge is 0.243 e. The number of carbonyl (C=O) groups is 1. The average Bonchev–Trinajstić information content (AvgIpc) is 3.14. The molecule has 1 fully saturated rings. The molecule has 5 rings (SSSR count). The van der Waals surface area contributed by atoms with E-state index in [4.69, 9.17) is 0 Å². The molecule has 6 heteroatoms. The minimum Gasteiger partial charge on any atom is -0.309 e. The van der Waals surface area contributed by atoms with Crippen LogP contribution in [0.5, 0.6) is 0 Å². The molecule has 0 aromatic heterocycles. The lowest BCUT2D eigenvalue weighted by molar-refractivity contribution is -0.123. The summed E-state index contributed by atoms with van der Waals surface area (Å²) in [6, 6.07) is 21.1. The molecule has 160 valence electrons. The Hall–Kier alpha value is -2.70. The van der Waals surface area contributed by atoms with Crippen LogP contribution in [0.3, 0.4) is 0 Å². The molecule has 2 aliphatic rings. The zero-order valence-electron chi connectivity index (χ0n) is 17.6. The SMILES string of the molecule is C[C@@H]1Cc2ccccc2N1C(=O)[C@H]1CCCN(S(=O)(=O)c2ccc3ccccc3c2)C1. The summed E-state index contributed by atoms with van der Waals surface area (Å²) in [7, 11) is -3.65. The highest BCUT2D eigenvalue weighted by Gasteiger charge is 2.39. The van der Waals surface area contributed by atoms with E-state index in [0.29, 0.717) is 24.3 Å². The summed E-state index contributed by atoms with van der Waals surface area (Å²) in [6.07, 6.45) is 2.24. The number of nitrogens with zero attached hydrogens (tertiary/aromatic N) is 2. The summed E-state index contributed by atoms with van der Waals surface area (Å²) in [5.41, 5.74) is 2.15. The summed E-state index contributed by atoms with van der Waals surface area (Å²) in [5, 5.41) is 1.91. The van der Waals surface area contributed by atoms with Crippen LogP contribution in [0.25, 0.3) is 10.8 Å². The first-order chi connectivity index (χ1) is 14.9. The van der Waals surface area contributed by atoms with Crippen LogP contribution in [0.2, 0.25) is 0 Å². The average molecular weight is 435 g/mol. The van der Waals surface area contributed by atoms with E-state index in [2.05, 4.69) is 13.0 Å². The van der Waals surface area contributed by atoms with Gasteiger partial charge in [0.15, 0.2) is 0 Å². The van der Waals surface area contributed by atoms with E-state index in [1.807, 2.05) is 53.4 Å². The second kappa shape index (κ2) is 7.77. The fourth-order valence-electron chi connectivity index (χ4n) is 4.94. The van der Waals surface area contributed by atoms with Gasteiger partial charge < -0.3 is 4.90 Å². The van der Waals surface area contributed by atoms with Crippen molar-refractivity contribution in [3.8, 4) is 0 Å². The number of hydrogen-bond donors (Lipinski definition) is 0. The molecule has 0 radical (unpaired) electrons. The number of anilines is 1. The number of rotatable bonds is 3. The molecule has 0 aliphatic carbocycles. The lowest BCUT2D eigenvalue weighted by atomic mass is 9.97. The Morgan fingerprint density at radius 2 is 1.71 bits per heavy atom. The monoisotopic (exact) mass is 434 g/mol. The van der Waals surface area contributed by atoms with E-state index < -0.39 is 10.0 Å². The molecule has 3 aromatic carbocycles. The topological polar surface area (TPSA) is 57.7 Å². The molecule has 2 heterocycles. The van der Waals surface area contributed by atoms with Gasteiger partial charge in [-0.1, -0.05) is 48.5 Å². The molecule has 0 saturated carbocycles. The van der Waals surface area contributed by atoms with Crippen molar-refractivity contribution in [3.05, 3.63) is 72.3 Å². The first-order valence-electron chi connectivity index (χ1n) is 10.8. The van der Waals surface area contributed by atoms with Crippen LogP contribution in [0.4, 0.5) is 5.69 Å². The van der Waals surface area contributed by atoms with Crippen LogP contribution in [-0.2, 0) is 21.2 Å². The lowest BCUT2D eigenvalue weighted by Crippen LogP contribution is -2.48. The van der Waals surface area contributed by atoms with Crippen molar-refractivity contribution in [1.29, 1.82) is 0 Å². The molecule has 3 aromatic rings. The Labute approximate surface area is 183 Å². The van der Waals surface area contributed by atoms with Gasteiger partial charge in [0.25, 0.3) is 0 Å². The predicted molar refractivity (Wildman–Crippen MR) is 123 cm³/mol. The number of amides is 1. The van der Waals surface area contributed by atoms with Crippen molar-refractivity contribution in [2.24, 2.45) is 5.92 Å². The largest absolute Gasteiger partial charge is 0.309 e. The third-order valence-corrected chi connectivity index (χ3v) is 8.40. The number of fused-ring (bicyclic) bond motifs is 2. The highest BCUT2D eigenvalue weighted by Crippen LogP contribution is 2.35. The van der Waals surface area contributed by atoms with Crippen molar-refractivity contribution in [3.63, 3.8) is 0 Å². The minimum absolute atomic E-state index is 0.0378. The Morgan fingerprint density at radius 3 is 2.55 bits per heavy atom. The van der Waals surface area contributed by atoms with Crippen molar-refractivity contribution in [2.45, 2.75) is 37.1 Å². The molecule has 2 atom stereocenters. The molecule has 5 nitrogen and oxygen atoms in total.